The van der Waals surface area contributed by atoms with Crippen molar-refractivity contribution in [1.82, 2.24) is 0 Å². The number of ether oxygens (including phenoxy) is 1. The quantitative estimate of drug-likeness (QED) is 0.780. The van der Waals surface area contributed by atoms with Crippen LogP contribution in [0.25, 0.3) is 0 Å². The lowest BCUT2D eigenvalue weighted by atomic mass is 10.2. The van der Waals surface area contributed by atoms with Crippen LogP contribution in [0.4, 0.5) is 5.69 Å². The van der Waals surface area contributed by atoms with Crippen molar-refractivity contribution < 1.29 is 4.74 Å². The van der Waals surface area contributed by atoms with E-state index >= 15 is 0 Å². The van der Waals surface area contributed by atoms with Gasteiger partial charge in [0.2, 0.25) is 0 Å². The van der Waals surface area contributed by atoms with Gasteiger partial charge in [0.25, 0.3) is 0 Å². The Hall–Kier alpha value is -1.05. The zero-order valence-corrected chi connectivity index (χ0v) is 11.1. The standard InChI is InChI=1S/C12H15BrN2O/c1-3-16-7-6-15(2)11-5-4-10(9-14)12(13)8-11/h4-5,8H,3,6-7H2,1-2H3. The molecule has 0 saturated carbocycles. The van der Waals surface area contributed by atoms with Crippen LogP contribution in [0.1, 0.15) is 12.5 Å². The first-order valence-corrected chi connectivity index (χ1v) is 5.97. The van der Waals surface area contributed by atoms with Crippen molar-refractivity contribution in [1.29, 1.82) is 5.26 Å². The normalized spacial score (nSPS) is 9.88. The Morgan fingerprint density at radius 2 is 2.25 bits per heavy atom. The molecular formula is C12H15BrN2O. The van der Waals surface area contributed by atoms with Gasteiger partial charge in [0.1, 0.15) is 6.07 Å². The Labute approximate surface area is 105 Å². The fraction of sp³-hybridized carbons (Fsp3) is 0.417. The molecule has 0 aromatic heterocycles. The Morgan fingerprint density at radius 3 is 2.81 bits per heavy atom. The highest BCUT2D eigenvalue weighted by Crippen LogP contribution is 2.22. The molecule has 4 heteroatoms. The molecule has 0 N–H and O–H groups in total. The summed E-state index contributed by atoms with van der Waals surface area (Å²) >= 11 is 3.38. The van der Waals surface area contributed by atoms with Crippen molar-refractivity contribution in [2.45, 2.75) is 6.92 Å². The molecule has 0 heterocycles. The molecule has 3 nitrogen and oxygen atoms in total. The summed E-state index contributed by atoms with van der Waals surface area (Å²) in [5, 5.41) is 8.81. The van der Waals surface area contributed by atoms with E-state index in [2.05, 4.69) is 26.9 Å². The summed E-state index contributed by atoms with van der Waals surface area (Å²) in [7, 11) is 2.01. The molecule has 0 unspecified atom stereocenters. The Balaban J connectivity index is 2.66. The second-order valence-corrected chi connectivity index (χ2v) is 4.25. The fourth-order valence-electron chi connectivity index (χ4n) is 1.31. The van der Waals surface area contributed by atoms with E-state index in [-0.39, 0.29) is 0 Å². The molecule has 1 rings (SSSR count). The molecule has 0 saturated heterocycles. The molecule has 1 aromatic rings. The minimum absolute atomic E-state index is 0.655. The van der Waals surface area contributed by atoms with E-state index in [9.17, 15) is 0 Å². The van der Waals surface area contributed by atoms with Gasteiger partial charge in [-0.25, -0.2) is 0 Å². The topological polar surface area (TPSA) is 36.3 Å². The number of benzene rings is 1. The second kappa shape index (κ2) is 6.51. The molecule has 86 valence electrons. The third kappa shape index (κ3) is 3.51. The van der Waals surface area contributed by atoms with Crippen LogP contribution in [-0.2, 0) is 4.74 Å². The van der Waals surface area contributed by atoms with Gasteiger partial charge in [0.15, 0.2) is 0 Å². The average molecular weight is 283 g/mol. The first kappa shape index (κ1) is 13.0. The predicted molar refractivity (Wildman–Crippen MR) is 68.6 cm³/mol. The largest absolute Gasteiger partial charge is 0.380 e. The predicted octanol–water partition coefficient (Wildman–Crippen LogP) is 2.79. The van der Waals surface area contributed by atoms with Crippen molar-refractivity contribution >= 4 is 21.6 Å². The number of anilines is 1. The van der Waals surface area contributed by atoms with Crippen LogP contribution < -0.4 is 4.90 Å². The summed E-state index contributed by atoms with van der Waals surface area (Å²) in [6, 6.07) is 7.83. The van der Waals surface area contributed by atoms with E-state index in [1.165, 1.54) is 0 Å². The van der Waals surface area contributed by atoms with Crippen molar-refractivity contribution in [3.63, 3.8) is 0 Å². The summed E-state index contributed by atoms with van der Waals surface area (Å²) in [4.78, 5) is 2.10. The van der Waals surface area contributed by atoms with E-state index in [0.717, 1.165) is 23.3 Å². The molecule has 0 atom stereocenters. The lowest BCUT2D eigenvalue weighted by Gasteiger charge is -2.19. The Kier molecular flexibility index (Phi) is 5.30. The van der Waals surface area contributed by atoms with Crippen LogP contribution >= 0.6 is 15.9 Å². The van der Waals surface area contributed by atoms with Gasteiger partial charge in [0.05, 0.1) is 12.2 Å². The third-order valence-electron chi connectivity index (χ3n) is 2.29. The van der Waals surface area contributed by atoms with Crippen LogP contribution in [0, 0.1) is 11.3 Å². The molecule has 16 heavy (non-hydrogen) atoms. The maximum atomic E-state index is 8.81. The molecule has 0 bridgehead atoms. The van der Waals surface area contributed by atoms with Crippen LogP contribution in [0.15, 0.2) is 22.7 Å². The van der Waals surface area contributed by atoms with Gasteiger partial charge < -0.3 is 9.64 Å². The molecule has 0 spiro atoms. The van der Waals surface area contributed by atoms with Gasteiger partial charge in [0, 0.05) is 30.4 Å². The Morgan fingerprint density at radius 1 is 1.50 bits per heavy atom. The molecular weight excluding hydrogens is 268 g/mol. The molecule has 0 fully saturated rings. The lowest BCUT2D eigenvalue weighted by Crippen LogP contribution is -2.22. The minimum Gasteiger partial charge on any atom is -0.380 e. The SMILES string of the molecule is CCOCCN(C)c1ccc(C#N)c(Br)c1. The average Bonchev–Trinajstić information content (AvgIpc) is 2.29. The van der Waals surface area contributed by atoms with Gasteiger partial charge in [-0.3, -0.25) is 0 Å². The van der Waals surface area contributed by atoms with Gasteiger partial charge in [-0.15, -0.1) is 0 Å². The zero-order valence-electron chi connectivity index (χ0n) is 9.53. The monoisotopic (exact) mass is 282 g/mol. The highest BCUT2D eigenvalue weighted by molar-refractivity contribution is 9.10. The number of rotatable bonds is 5. The molecule has 0 aliphatic heterocycles. The molecule has 0 aliphatic carbocycles. The number of nitrogens with zero attached hydrogens (tertiary/aromatic N) is 2. The van der Waals surface area contributed by atoms with E-state index in [1.54, 1.807) is 0 Å². The molecule has 0 amide bonds. The third-order valence-corrected chi connectivity index (χ3v) is 2.95. The van der Waals surface area contributed by atoms with E-state index < -0.39 is 0 Å². The number of likely N-dealkylation sites (N-methyl/N-ethyl adjacent to an activating group) is 1. The first-order chi connectivity index (χ1) is 7.69. The van der Waals surface area contributed by atoms with Crippen LogP contribution in [-0.4, -0.2) is 26.8 Å². The summed E-state index contributed by atoms with van der Waals surface area (Å²) in [6.45, 7) is 4.28. The van der Waals surface area contributed by atoms with E-state index in [4.69, 9.17) is 10.00 Å². The van der Waals surface area contributed by atoms with Gasteiger partial charge in [-0.1, -0.05) is 0 Å². The summed E-state index contributed by atoms with van der Waals surface area (Å²) in [5.74, 6) is 0. The summed E-state index contributed by atoms with van der Waals surface area (Å²) in [6.07, 6.45) is 0. The van der Waals surface area contributed by atoms with Crippen LogP contribution in [0.5, 0.6) is 0 Å². The highest BCUT2D eigenvalue weighted by Gasteiger charge is 2.04. The van der Waals surface area contributed by atoms with Gasteiger partial charge in [-0.2, -0.15) is 5.26 Å². The maximum absolute atomic E-state index is 8.81. The minimum atomic E-state index is 0.655. The first-order valence-electron chi connectivity index (χ1n) is 5.17. The summed E-state index contributed by atoms with van der Waals surface area (Å²) in [5.41, 5.74) is 1.73. The number of hydrogen-bond acceptors (Lipinski definition) is 3. The molecule has 1 aromatic carbocycles. The molecule has 0 aliphatic rings. The zero-order chi connectivity index (χ0) is 12.0. The van der Waals surface area contributed by atoms with E-state index in [0.29, 0.717) is 12.2 Å². The van der Waals surface area contributed by atoms with Crippen LogP contribution in [0.3, 0.4) is 0 Å². The van der Waals surface area contributed by atoms with E-state index in [1.807, 2.05) is 32.2 Å². The van der Waals surface area contributed by atoms with Gasteiger partial charge >= 0.3 is 0 Å². The number of hydrogen-bond donors (Lipinski definition) is 0. The van der Waals surface area contributed by atoms with Crippen LogP contribution in [0.2, 0.25) is 0 Å². The van der Waals surface area contributed by atoms with Crippen molar-refractivity contribution in [3.8, 4) is 6.07 Å². The second-order valence-electron chi connectivity index (χ2n) is 3.39. The fourth-order valence-corrected chi connectivity index (χ4v) is 1.76. The lowest BCUT2D eigenvalue weighted by molar-refractivity contribution is 0.154. The number of nitriles is 1. The van der Waals surface area contributed by atoms with Crippen molar-refractivity contribution in [2.24, 2.45) is 0 Å². The van der Waals surface area contributed by atoms with Crippen molar-refractivity contribution in [3.05, 3.63) is 28.2 Å². The Bertz CT molecular complexity index is 387. The van der Waals surface area contributed by atoms with Gasteiger partial charge in [-0.05, 0) is 41.1 Å². The number of halogens is 1. The highest BCUT2D eigenvalue weighted by atomic mass is 79.9. The molecule has 0 radical (unpaired) electrons. The smallest absolute Gasteiger partial charge is 0.100 e. The maximum Gasteiger partial charge on any atom is 0.100 e. The van der Waals surface area contributed by atoms with Crippen molar-refractivity contribution in [2.75, 3.05) is 31.7 Å². The summed E-state index contributed by atoms with van der Waals surface area (Å²) < 4.78 is 6.12.